The van der Waals surface area contributed by atoms with Crippen molar-refractivity contribution in [1.29, 1.82) is 0 Å². The Hall–Kier alpha value is -3.00. The Balaban J connectivity index is 1.76. The lowest BCUT2D eigenvalue weighted by molar-refractivity contribution is -0.384. The summed E-state index contributed by atoms with van der Waals surface area (Å²) < 4.78 is 8.00. The van der Waals surface area contributed by atoms with E-state index in [1.165, 1.54) is 24.4 Å². The molecule has 2 heterocycles. The Labute approximate surface area is 163 Å². The second kappa shape index (κ2) is 7.71. The molecule has 1 aromatic carbocycles. The van der Waals surface area contributed by atoms with Crippen LogP contribution in [0.4, 0.5) is 5.69 Å². The summed E-state index contributed by atoms with van der Waals surface area (Å²) in [5.74, 6) is 0.868. The van der Waals surface area contributed by atoms with Gasteiger partial charge in [-0.15, -0.1) is 0 Å². The minimum Gasteiger partial charge on any atom is -0.457 e. The van der Waals surface area contributed by atoms with E-state index in [0.29, 0.717) is 27.1 Å². The number of aromatic nitrogens is 2. The molecule has 0 saturated heterocycles. The minimum absolute atomic E-state index is 0.00941. The quantitative estimate of drug-likeness (QED) is 0.229. The summed E-state index contributed by atoms with van der Waals surface area (Å²) >= 11 is 3.32. The fourth-order valence-corrected chi connectivity index (χ4v) is 2.97. The van der Waals surface area contributed by atoms with Crippen LogP contribution in [0.2, 0.25) is 0 Å². The number of benzene rings is 1. The van der Waals surface area contributed by atoms with E-state index in [4.69, 9.17) is 4.42 Å². The molecule has 0 unspecified atom stereocenters. The lowest BCUT2D eigenvalue weighted by Gasteiger charge is -2.02. The highest BCUT2D eigenvalue weighted by Gasteiger charge is 2.13. The number of nitrogens with zero attached hydrogens (tertiary/aromatic N) is 3. The molecule has 0 N–H and O–H groups in total. The van der Waals surface area contributed by atoms with Gasteiger partial charge in [-0.05, 0) is 60.1 Å². The molecule has 3 rings (SSSR count). The average molecular weight is 430 g/mol. The number of carbonyl (C=O) groups excluding carboxylic acids is 1. The number of ketones is 1. The van der Waals surface area contributed by atoms with Gasteiger partial charge < -0.3 is 4.42 Å². The lowest BCUT2D eigenvalue weighted by Crippen LogP contribution is -2.00. The van der Waals surface area contributed by atoms with Crippen molar-refractivity contribution in [2.75, 3.05) is 0 Å². The maximum Gasteiger partial charge on any atom is 0.270 e. The maximum absolute atomic E-state index is 12.2. The number of nitro benzene ring substituents is 1. The van der Waals surface area contributed by atoms with Crippen LogP contribution in [0.15, 0.2) is 57.7 Å². The molecule has 0 atom stereocenters. The van der Waals surface area contributed by atoms with E-state index in [1.807, 2.05) is 13.8 Å². The molecule has 27 heavy (non-hydrogen) atoms. The maximum atomic E-state index is 12.2. The third-order valence-electron chi connectivity index (χ3n) is 3.87. The number of non-ortho nitro benzene ring substituents is 1. The highest BCUT2D eigenvalue weighted by atomic mass is 79.9. The molecular weight excluding hydrogens is 414 g/mol. The molecule has 0 bridgehead atoms. The summed E-state index contributed by atoms with van der Waals surface area (Å²) in [5, 5.41) is 15.0. The van der Waals surface area contributed by atoms with Crippen LogP contribution in [0.25, 0.3) is 17.4 Å². The van der Waals surface area contributed by atoms with Gasteiger partial charge in [-0.3, -0.25) is 19.6 Å². The molecule has 7 nitrogen and oxygen atoms in total. The summed E-state index contributed by atoms with van der Waals surface area (Å²) in [5.41, 5.74) is 1.18. The van der Waals surface area contributed by atoms with Crippen LogP contribution in [-0.2, 0) is 0 Å². The highest BCUT2D eigenvalue weighted by Crippen LogP contribution is 2.32. The van der Waals surface area contributed by atoms with Crippen LogP contribution in [0, 0.1) is 10.1 Å². The Morgan fingerprint density at radius 1 is 1.33 bits per heavy atom. The first kappa shape index (κ1) is 18.8. The van der Waals surface area contributed by atoms with Crippen LogP contribution < -0.4 is 0 Å². The van der Waals surface area contributed by atoms with E-state index in [-0.39, 0.29) is 17.5 Å². The van der Waals surface area contributed by atoms with Gasteiger partial charge in [0.25, 0.3) is 5.69 Å². The van der Waals surface area contributed by atoms with Gasteiger partial charge in [0.1, 0.15) is 11.5 Å². The molecule has 0 amide bonds. The first-order valence-corrected chi connectivity index (χ1v) is 8.95. The van der Waals surface area contributed by atoms with Crippen molar-refractivity contribution in [3.05, 3.63) is 74.7 Å². The van der Waals surface area contributed by atoms with Crippen LogP contribution in [0.3, 0.4) is 0 Å². The molecule has 3 aromatic rings. The van der Waals surface area contributed by atoms with Gasteiger partial charge in [0.05, 0.1) is 16.7 Å². The van der Waals surface area contributed by atoms with E-state index in [9.17, 15) is 14.9 Å². The van der Waals surface area contributed by atoms with Gasteiger partial charge >= 0.3 is 0 Å². The molecule has 0 aliphatic carbocycles. The summed E-state index contributed by atoms with van der Waals surface area (Å²) in [6, 6.07) is 8.10. The van der Waals surface area contributed by atoms with Gasteiger partial charge in [0, 0.05) is 34.4 Å². The number of hydrogen-bond acceptors (Lipinski definition) is 5. The van der Waals surface area contributed by atoms with Crippen LogP contribution in [0.5, 0.6) is 0 Å². The SMILES string of the molecule is CC(C)n1cc(C(=O)/C=C/c2ccc(-c3ccc([N+](=O)[O-])cc3Br)o2)cn1. The van der Waals surface area contributed by atoms with Crippen LogP contribution >= 0.6 is 15.9 Å². The van der Waals surface area contributed by atoms with E-state index >= 15 is 0 Å². The van der Waals surface area contributed by atoms with Gasteiger partial charge in [-0.25, -0.2) is 0 Å². The fourth-order valence-electron chi connectivity index (χ4n) is 2.41. The molecule has 0 radical (unpaired) electrons. The first-order chi connectivity index (χ1) is 12.8. The van der Waals surface area contributed by atoms with Crippen molar-refractivity contribution in [2.24, 2.45) is 0 Å². The topological polar surface area (TPSA) is 91.2 Å². The third-order valence-corrected chi connectivity index (χ3v) is 4.53. The number of carbonyl (C=O) groups is 1. The minimum atomic E-state index is -0.460. The van der Waals surface area contributed by atoms with Crippen molar-refractivity contribution < 1.29 is 14.1 Å². The molecule has 0 fully saturated rings. The molecular formula is C19H16BrN3O4. The normalized spacial score (nSPS) is 11.4. The number of allylic oxidation sites excluding steroid dienone is 1. The predicted molar refractivity (Wildman–Crippen MR) is 104 cm³/mol. The van der Waals surface area contributed by atoms with Gasteiger partial charge in [0.15, 0.2) is 5.78 Å². The Kier molecular flexibility index (Phi) is 5.36. The molecule has 138 valence electrons. The van der Waals surface area contributed by atoms with Crippen molar-refractivity contribution in [3.63, 3.8) is 0 Å². The zero-order valence-electron chi connectivity index (χ0n) is 14.6. The van der Waals surface area contributed by atoms with Gasteiger partial charge in [0.2, 0.25) is 0 Å². The number of rotatable bonds is 6. The number of furan rings is 1. The van der Waals surface area contributed by atoms with Gasteiger partial charge in [-0.2, -0.15) is 5.10 Å². The van der Waals surface area contributed by atoms with Crippen molar-refractivity contribution >= 4 is 33.5 Å². The molecule has 2 aromatic heterocycles. The summed E-state index contributed by atoms with van der Waals surface area (Å²) in [7, 11) is 0. The monoisotopic (exact) mass is 429 g/mol. The van der Waals surface area contributed by atoms with E-state index < -0.39 is 4.92 Å². The third kappa shape index (κ3) is 4.22. The Bertz CT molecular complexity index is 1030. The average Bonchev–Trinajstić information content (AvgIpc) is 3.29. The largest absolute Gasteiger partial charge is 0.457 e. The zero-order chi connectivity index (χ0) is 19.6. The van der Waals surface area contributed by atoms with Crippen molar-refractivity contribution in [3.8, 4) is 11.3 Å². The second-order valence-electron chi connectivity index (χ2n) is 6.12. The lowest BCUT2D eigenvalue weighted by atomic mass is 10.1. The zero-order valence-corrected chi connectivity index (χ0v) is 16.2. The first-order valence-electron chi connectivity index (χ1n) is 8.16. The fraction of sp³-hybridized carbons (Fsp3) is 0.158. The van der Waals surface area contributed by atoms with Gasteiger partial charge in [-0.1, -0.05) is 0 Å². The van der Waals surface area contributed by atoms with Crippen molar-refractivity contribution in [1.82, 2.24) is 9.78 Å². The predicted octanol–water partition coefficient (Wildman–Crippen LogP) is 5.29. The molecule has 0 spiro atoms. The van der Waals surface area contributed by atoms with E-state index in [1.54, 1.807) is 35.2 Å². The van der Waals surface area contributed by atoms with Crippen LogP contribution in [0.1, 0.15) is 36.0 Å². The van der Waals surface area contributed by atoms with Crippen LogP contribution in [-0.4, -0.2) is 20.5 Å². The number of nitro groups is 1. The second-order valence-corrected chi connectivity index (χ2v) is 6.98. The Morgan fingerprint density at radius 2 is 2.11 bits per heavy atom. The molecule has 0 saturated carbocycles. The highest BCUT2D eigenvalue weighted by molar-refractivity contribution is 9.10. The van der Waals surface area contributed by atoms with E-state index in [0.717, 1.165) is 0 Å². The summed E-state index contributed by atoms with van der Waals surface area (Å²) in [6.07, 6.45) is 6.25. The molecule has 8 heteroatoms. The van der Waals surface area contributed by atoms with Crippen molar-refractivity contribution in [2.45, 2.75) is 19.9 Å². The standard InChI is InChI=1S/C19H16BrN3O4/c1-12(2)22-11-13(10-21-22)18(24)7-4-15-5-8-19(27-15)16-6-3-14(23(25)26)9-17(16)20/h3-12H,1-2H3/b7-4+. The summed E-state index contributed by atoms with van der Waals surface area (Å²) in [6.45, 7) is 3.97. The molecule has 0 aliphatic heterocycles. The molecule has 0 aliphatic rings. The smallest absolute Gasteiger partial charge is 0.270 e. The number of halogens is 1. The summed E-state index contributed by atoms with van der Waals surface area (Å²) in [4.78, 5) is 22.6. The number of hydrogen-bond donors (Lipinski definition) is 0. The van der Waals surface area contributed by atoms with E-state index in [2.05, 4.69) is 21.0 Å². The Morgan fingerprint density at radius 3 is 2.74 bits per heavy atom.